The summed E-state index contributed by atoms with van der Waals surface area (Å²) in [7, 11) is 0. The molecule has 0 saturated heterocycles. The highest BCUT2D eigenvalue weighted by Crippen LogP contribution is 2.40. The second-order valence-electron chi connectivity index (χ2n) is 5.53. The van der Waals surface area contributed by atoms with Gasteiger partial charge in [-0.15, -0.1) is 0 Å². The van der Waals surface area contributed by atoms with Crippen LogP contribution in [0.2, 0.25) is 0 Å². The number of aromatic nitrogens is 1. The lowest BCUT2D eigenvalue weighted by molar-refractivity contribution is 0.0314. The second kappa shape index (κ2) is 4.70. The van der Waals surface area contributed by atoms with Crippen molar-refractivity contribution >= 4 is 0 Å². The summed E-state index contributed by atoms with van der Waals surface area (Å²) in [4.78, 5) is 4.40. The van der Waals surface area contributed by atoms with Crippen molar-refractivity contribution in [2.75, 3.05) is 6.61 Å². The van der Waals surface area contributed by atoms with Crippen LogP contribution in [0, 0.1) is 23.2 Å². The monoisotopic (exact) mass is 242 g/mol. The molecule has 0 amide bonds. The molecule has 0 aromatic carbocycles. The van der Waals surface area contributed by atoms with Gasteiger partial charge in [0.25, 0.3) is 0 Å². The molecule has 1 aromatic rings. The predicted molar refractivity (Wildman–Crippen MR) is 67.9 cm³/mol. The smallest absolute Gasteiger partial charge is 0.140 e. The van der Waals surface area contributed by atoms with Crippen molar-refractivity contribution in [2.45, 2.75) is 38.7 Å². The highest BCUT2D eigenvalue weighted by molar-refractivity contribution is 5.32. The average molecular weight is 242 g/mol. The Hall–Kier alpha value is -1.40. The van der Waals surface area contributed by atoms with Crippen LogP contribution in [-0.4, -0.2) is 11.6 Å². The number of fused-ring (bicyclic) bond motifs is 1. The predicted octanol–water partition coefficient (Wildman–Crippen LogP) is 3.00. The van der Waals surface area contributed by atoms with Crippen molar-refractivity contribution in [2.24, 2.45) is 11.8 Å². The van der Waals surface area contributed by atoms with E-state index in [-0.39, 0.29) is 6.10 Å². The van der Waals surface area contributed by atoms with E-state index in [1.54, 1.807) is 6.07 Å². The molecular formula is C15H18N2O. The van der Waals surface area contributed by atoms with Crippen LogP contribution >= 0.6 is 0 Å². The zero-order valence-electron chi connectivity index (χ0n) is 10.7. The zero-order valence-corrected chi connectivity index (χ0v) is 10.7. The molecule has 1 saturated carbocycles. The molecule has 2 aliphatic carbocycles. The Labute approximate surface area is 108 Å². The zero-order chi connectivity index (χ0) is 12.5. The molecule has 0 bridgehead atoms. The number of aryl methyl sites for hydroxylation is 1. The Bertz CT molecular complexity index is 492. The van der Waals surface area contributed by atoms with Crippen molar-refractivity contribution in [3.8, 4) is 6.07 Å². The maximum Gasteiger partial charge on any atom is 0.140 e. The van der Waals surface area contributed by atoms with E-state index < -0.39 is 0 Å². The molecule has 0 radical (unpaired) electrons. The summed E-state index contributed by atoms with van der Waals surface area (Å²) in [5.41, 5.74) is 2.79. The van der Waals surface area contributed by atoms with Gasteiger partial charge >= 0.3 is 0 Å². The number of hydrogen-bond donors (Lipinski definition) is 0. The van der Waals surface area contributed by atoms with Gasteiger partial charge in [0.2, 0.25) is 0 Å². The maximum atomic E-state index is 8.87. The summed E-state index contributed by atoms with van der Waals surface area (Å²) in [6.45, 7) is 3.16. The molecule has 1 aromatic heterocycles. The van der Waals surface area contributed by atoms with Crippen LogP contribution in [0.1, 0.15) is 49.2 Å². The van der Waals surface area contributed by atoms with E-state index in [1.807, 2.05) is 6.07 Å². The van der Waals surface area contributed by atoms with Gasteiger partial charge in [0.05, 0.1) is 12.7 Å². The number of ether oxygens (including phenoxy) is 1. The summed E-state index contributed by atoms with van der Waals surface area (Å²) < 4.78 is 6.05. The van der Waals surface area contributed by atoms with Gasteiger partial charge in [0, 0.05) is 11.3 Å². The minimum atomic E-state index is 0.196. The fourth-order valence-corrected chi connectivity index (χ4v) is 2.72. The molecule has 3 unspecified atom stereocenters. The minimum absolute atomic E-state index is 0.196. The molecule has 1 fully saturated rings. The van der Waals surface area contributed by atoms with E-state index >= 15 is 0 Å². The highest BCUT2D eigenvalue weighted by atomic mass is 16.5. The lowest BCUT2D eigenvalue weighted by atomic mass is 9.93. The fraction of sp³-hybridized carbons (Fsp3) is 0.600. The lowest BCUT2D eigenvalue weighted by Gasteiger charge is -2.25. The van der Waals surface area contributed by atoms with Crippen molar-refractivity contribution in [3.05, 3.63) is 29.1 Å². The summed E-state index contributed by atoms with van der Waals surface area (Å²) in [5.74, 6) is 1.61. The van der Waals surface area contributed by atoms with Crippen molar-refractivity contribution in [3.63, 3.8) is 0 Å². The number of nitrogens with zero attached hydrogens (tertiary/aromatic N) is 2. The van der Waals surface area contributed by atoms with Gasteiger partial charge in [-0.25, -0.2) is 4.98 Å². The van der Waals surface area contributed by atoms with E-state index in [0.29, 0.717) is 5.69 Å². The molecule has 3 rings (SSSR count). The Balaban J connectivity index is 1.73. The van der Waals surface area contributed by atoms with Crippen LogP contribution in [-0.2, 0) is 11.2 Å². The number of rotatable bonds is 3. The van der Waals surface area contributed by atoms with Crippen LogP contribution in [0.25, 0.3) is 0 Å². The first kappa shape index (κ1) is 11.7. The lowest BCUT2D eigenvalue weighted by Crippen LogP contribution is -2.16. The third-order valence-corrected chi connectivity index (χ3v) is 4.14. The van der Waals surface area contributed by atoms with Crippen LogP contribution in [0.3, 0.4) is 0 Å². The van der Waals surface area contributed by atoms with E-state index in [0.717, 1.165) is 43.4 Å². The van der Waals surface area contributed by atoms with Gasteiger partial charge < -0.3 is 4.74 Å². The molecule has 18 heavy (non-hydrogen) atoms. The van der Waals surface area contributed by atoms with E-state index in [2.05, 4.69) is 18.0 Å². The second-order valence-corrected chi connectivity index (χ2v) is 5.53. The number of pyridine rings is 1. The Morgan fingerprint density at radius 3 is 3.06 bits per heavy atom. The first-order valence-electron chi connectivity index (χ1n) is 6.79. The highest BCUT2D eigenvalue weighted by Gasteiger charge is 2.34. The van der Waals surface area contributed by atoms with Gasteiger partial charge in [-0.1, -0.05) is 13.0 Å². The van der Waals surface area contributed by atoms with E-state index in [9.17, 15) is 0 Å². The Morgan fingerprint density at radius 1 is 1.50 bits per heavy atom. The molecule has 3 atom stereocenters. The summed E-state index contributed by atoms with van der Waals surface area (Å²) in [6.07, 6.45) is 4.68. The molecule has 0 spiro atoms. The summed E-state index contributed by atoms with van der Waals surface area (Å²) in [6, 6.07) is 5.94. The first-order valence-corrected chi connectivity index (χ1v) is 6.79. The molecule has 0 aliphatic heterocycles. The summed E-state index contributed by atoms with van der Waals surface area (Å²) in [5, 5.41) is 8.87. The normalized spacial score (nSPS) is 29.4. The van der Waals surface area contributed by atoms with Gasteiger partial charge in [-0.2, -0.15) is 5.26 Å². The van der Waals surface area contributed by atoms with Gasteiger partial charge in [0.1, 0.15) is 11.8 Å². The van der Waals surface area contributed by atoms with Crippen LogP contribution in [0.5, 0.6) is 0 Å². The molecular weight excluding hydrogens is 224 g/mol. The van der Waals surface area contributed by atoms with Gasteiger partial charge in [-0.3, -0.25) is 0 Å². The molecule has 1 heterocycles. The Kier molecular flexibility index (Phi) is 3.05. The van der Waals surface area contributed by atoms with Gasteiger partial charge in [0.15, 0.2) is 0 Å². The van der Waals surface area contributed by atoms with Crippen LogP contribution < -0.4 is 0 Å². The topological polar surface area (TPSA) is 45.9 Å². The largest absolute Gasteiger partial charge is 0.373 e. The third kappa shape index (κ3) is 2.26. The molecule has 3 nitrogen and oxygen atoms in total. The van der Waals surface area contributed by atoms with Crippen molar-refractivity contribution < 1.29 is 4.74 Å². The fourth-order valence-electron chi connectivity index (χ4n) is 2.72. The average Bonchev–Trinajstić information content (AvgIpc) is 3.11. The SMILES string of the molecule is CC1CC1COC1CCCc2nc(C#N)ccc21. The van der Waals surface area contributed by atoms with Crippen LogP contribution in [0.15, 0.2) is 12.1 Å². The minimum Gasteiger partial charge on any atom is -0.373 e. The standard InChI is InChI=1S/C15H18N2O/c1-10-7-11(10)9-18-15-4-2-3-14-13(15)6-5-12(8-16)17-14/h5-6,10-11,15H,2-4,7,9H2,1H3. The maximum absolute atomic E-state index is 8.87. The molecule has 3 heteroatoms. The van der Waals surface area contributed by atoms with Crippen molar-refractivity contribution in [1.29, 1.82) is 5.26 Å². The quantitative estimate of drug-likeness (QED) is 0.818. The summed E-state index contributed by atoms with van der Waals surface area (Å²) >= 11 is 0. The van der Waals surface area contributed by atoms with Crippen molar-refractivity contribution in [1.82, 2.24) is 4.98 Å². The third-order valence-electron chi connectivity index (χ3n) is 4.14. The van der Waals surface area contributed by atoms with Crippen LogP contribution in [0.4, 0.5) is 0 Å². The molecule has 2 aliphatic rings. The number of hydrogen-bond acceptors (Lipinski definition) is 3. The first-order chi connectivity index (χ1) is 8.78. The Morgan fingerprint density at radius 2 is 2.33 bits per heavy atom. The van der Waals surface area contributed by atoms with E-state index in [4.69, 9.17) is 10.00 Å². The number of nitriles is 1. The molecule has 94 valence electrons. The molecule has 0 N–H and O–H groups in total. The van der Waals surface area contributed by atoms with E-state index in [1.165, 1.54) is 12.0 Å². The van der Waals surface area contributed by atoms with Gasteiger partial charge in [-0.05, 0) is 43.6 Å².